The van der Waals surface area contributed by atoms with Crippen molar-refractivity contribution >= 4 is 107 Å². The minimum Gasteiger partial charge on any atom is -0.456 e. The summed E-state index contributed by atoms with van der Waals surface area (Å²) in [5.41, 5.74) is 8.04. The third kappa shape index (κ3) is 3.24. The largest absolute Gasteiger partial charge is 0.456 e. The lowest BCUT2D eigenvalue weighted by Gasteiger charge is -2.10. The number of para-hydroxylation sites is 2. The van der Waals surface area contributed by atoms with Gasteiger partial charge in [-0.15, -0.1) is 22.7 Å². The average molecular weight is 622 g/mol. The summed E-state index contributed by atoms with van der Waals surface area (Å²) >= 11 is 3.80. The van der Waals surface area contributed by atoms with Crippen molar-refractivity contribution in [2.45, 2.75) is 0 Å². The van der Waals surface area contributed by atoms with Crippen molar-refractivity contribution in [2.24, 2.45) is 0 Å². The zero-order chi connectivity index (χ0) is 29.9. The summed E-state index contributed by atoms with van der Waals surface area (Å²) in [6.07, 6.45) is 0. The van der Waals surface area contributed by atoms with Gasteiger partial charge in [0.1, 0.15) is 11.2 Å². The summed E-state index contributed by atoms with van der Waals surface area (Å²) in [4.78, 5) is 0. The molecule has 0 bridgehead atoms. The van der Waals surface area contributed by atoms with Gasteiger partial charge in [0.2, 0.25) is 0 Å². The molecule has 0 radical (unpaired) electrons. The molecule has 0 aliphatic carbocycles. The number of thiophene rings is 2. The molecule has 0 saturated carbocycles. The van der Waals surface area contributed by atoms with Gasteiger partial charge in [0.15, 0.2) is 0 Å². The molecule has 0 aliphatic rings. The van der Waals surface area contributed by atoms with Crippen molar-refractivity contribution < 1.29 is 4.42 Å². The van der Waals surface area contributed by atoms with Crippen LogP contribution in [-0.2, 0) is 0 Å². The molecule has 0 fully saturated rings. The van der Waals surface area contributed by atoms with Crippen LogP contribution in [0, 0.1) is 0 Å². The first-order chi connectivity index (χ1) is 22.8. The van der Waals surface area contributed by atoms with E-state index < -0.39 is 0 Å². The third-order valence-electron chi connectivity index (χ3n) is 9.61. The number of fused-ring (bicyclic) bond motifs is 13. The lowest BCUT2D eigenvalue weighted by Crippen LogP contribution is -1.94. The van der Waals surface area contributed by atoms with Gasteiger partial charge in [-0.2, -0.15) is 0 Å². The van der Waals surface area contributed by atoms with Crippen molar-refractivity contribution in [2.75, 3.05) is 0 Å². The lowest BCUT2D eigenvalue weighted by atomic mass is 9.98. The van der Waals surface area contributed by atoms with Crippen LogP contribution in [0.4, 0.5) is 0 Å². The first-order valence-electron chi connectivity index (χ1n) is 15.5. The molecule has 0 atom stereocenters. The fraction of sp³-hybridized carbons (Fsp3) is 0. The van der Waals surface area contributed by atoms with Crippen LogP contribution in [-0.4, -0.2) is 4.57 Å². The fourth-order valence-electron chi connectivity index (χ4n) is 7.62. The number of rotatable bonds is 2. The summed E-state index contributed by atoms with van der Waals surface area (Å²) in [7, 11) is 0. The van der Waals surface area contributed by atoms with Gasteiger partial charge in [0, 0.05) is 52.5 Å². The summed E-state index contributed by atoms with van der Waals surface area (Å²) in [6.45, 7) is 0. The molecule has 0 saturated heterocycles. The Hall–Kier alpha value is -5.42. The second kappa shape index (κ2) is 9.07. The molecule has 4 heteroatoms. The van der Waals surface area contributed by atoms with Gasteiger partial charge in [-0.1, -0.05) is 103 Å². The summed E-state index contributed by atoms with van der Waals surface area (Å²) in [6, 6.07) is 50.8. The number of hydrogen-bond acceptors (Lipinski definition) is 3. The number of aromatic nitrogens is 1. The van der Waals surface area contributed by atoms with Gasteiger partial charge in [0.05, 0.1) is 26.1 Å². The molecule has 11 rings (SSSR count). The molecule has 0 unspecified atom stereocenters. The molecule has 0 aliphatic heterocycles. The first-order valence-corrected chi connectivity index (χ1v) is 17.1. The molecule has 214 valence electrons. The van der Waals surface area contributed by atoms with E-state index in [4.69, 9.17) is 4.42 Å². The highest BCUT2D eigenvalue weighted by atomic mass is 32.1. The Labute approximate surface area is 270 Å². The zero-order valence-corrected chi connectivity index (χ0v) is 26.1. The van der Waals surface area contributed by atoms with Crippen molar-refractivity contribution in [3.8, 4) is 16.8 Å². The molecule has 0 amide bonds. The van der Waals surface area contributed by atoms with E-state index in [9.17, 15) is 0 Å². The molecule has 11 aromatic rings. The minimum absolute atomic E-state index is 0.927. The highest BCUT2D eigenvalue weighted by molar-refractivity contribution is 7.27. The molecule has 0 spiro atoms. The second-order valence-electron chi connectivity index (χ2n) is 12.0. The number of nitrogens with zero attached hydrogens (tertiary/aromatic N) is 1. The maximum absolute atomic E-state index is 6.23. The minimum atomic E-state index is 0.927. The lowest BCUT2D eigenvalue weighted by molar-refractivity contribution is 0.669. The fourth-order valence-corrected chi connectivity index (χ4v) is 10.1. The van der Waals surface area contributed by atoms with E-state index in [0.29, 0.717) is 0 Å². The Balaban J connectivity index is 1.21. The van der Waals surface area contributed by atoms with Gasteiger partial charge in [0.25, 0.3) is 0 Å². The summed E-state index contributed by atoms with van der Waals surface area (Å²) in [5, 5.41) is 10.2. The van der Waals surface area contributed by atoms with Crippen LogP contribution < -0.4 is 0 Å². The molecule has 0 N–H and O–H groups in total. The molecule has 7 aromatic carbocycles. The van der Waals surface area contributed by atoms with Crippen LogP contribution in [0.3, 0.4) is 0 Å². The van der Waals surface area contributed by atoms with Crippen LogP contribution >= 0.6 is 22.7 Å². The van der Waals surface area contributed by atoms with Gasteiger partial charge in [-0.3, -0.25) is 0 Å². The van der Waals surface area contributed by atoms with Crippen molar-refractivity contribution in [1.29, 1.82) is 0 Å². The number of hydrogen-bond donors (Lipinski definition) is 0. The normalized spacial score (nSPS) is 12.3. The number of furan rings is 1. The Kier molecular flexibility index (Phi) is 4.90. The van der Waals surface area contributed by atoms with Crippen LogP contribution in [0.5, 0.6) is 0 Å². The first kappa shape index (κ1) is 24.8. The molecule has 46 heavy (non-hydrogen) atoms. The van der Waals surface area contributed by atoms with Gasteiger partial charge in [-0.25, -0.2) is 0 Å². The number of benzene rings is 7. The monoisotopic (exact) mass is 621 g/mol. The molecule has 4 aromatic heterocycles. The van der Waals surface area contributed by atoms with Crippen LogP contribution in [0.25, 0.3) is 101 Å². The van der Waals surface area contributed by atoms with E-state index in [-0.39, 0.29) is 0 Å². The smallest absolute Gasteiger partial charge is 0.136 e. The van der Waals surface area contributed by atoms with Crippen molar-refractivity contribution in [3.05, 3.63) is 140 Å². The van der Waals surface area contributed by atoms with Crippen molar-refractivity contribution in [1.82, 2.24) is 4.57 Å². The van der Waals surface area contributed by atoms with Crippen LogP contribution in [0.2, 0.25) is 0 Å². The zero-order valence-electron chi connectivity index (χ0n) is 24.5. The Morgan fingerprint density at radius 1 is 0.457 bits per heavy atom. The third-order valence-corrected chi connectivity index (χ3v) is 12.0. The average Bonchev–Trinajstić information content (AvgIpc) is 3.86. The highest BCUT2D eigenvalue weighted by Crippen LogP contribution is 2.46. The van der Waals surface area contributed by atoms with E-state index in [1.165, 1.54) is 84.4 Å². The second-order valence-corrected chi connectivity index (χ2v) is 14.1. The van der Waals surface area contributed by atoms with E-state index in [1.54, 1.807) is 0 Å². The Morgan fingerprint density at radius 3 is 2.09 bits per heavy atom. The predicted octanol–water partition coefficient (Wildman–Crippen LogP) is 13.1. The summed E-state index contributed by atoms with van der Waals surface area (Å²) < 4.78 is 14.0. The van der Waals surface area contributed by atoms with Crippen LogP contribution in [0.15, 0.2) is 144 Å². The standard InChI is InChI=1S/C42H23NOS2/c1-4-14-33-26(9-1)29-21-22-31-27-10-3-6-18-37(27)45-42(31)40(29)43(33)34-15-7-13-30-28-20-19-24(23-38(28)46-41(30)34)25-12-8-17-36-39(25)32-11-2-5-16-35(32)44-36/h1-23H. The maximum atomic E-state index is 6.23. The van der Waals surface area contributed by atoms with E-state index in [1.807, 2.05) is 28.7 Å². The van der Waals surface area contributed by atoms with Crippen LogP contribution in [0.1, 0.15) is 0 Å². The Morgan fingerprint density at radius 2 is 1.13 bits per heavy atom. The van der Waals surface area contributed by atoms with Gasteiger partial charge < -0.3 is 8.98 Å². The van der Waals surface area contributed by atoms with Gasteiger partial charge in [-0.05, 0) is 47.5 Å². The SMILES string of the molecule is c1ccc2c(c1)oc1cccc(-c3ccc4c(c3)sc3c(-n5c6ccccc6c6ccc7c8ccccc8sc7c65)cccc34)c12. The van der Waals surface area contributed by atoms with E-state index in [0.717, 1.165) is 16.6 Å². The van der Waals surface area contributed by atoms with E-state index in [2.05, 4.69) is 138 Å². The quantitative estimate of drug-likeness (QED) is 0.188. The summed E-state index contributed by atoms with van der Waals surface area (Å²) in [5.74, 6) is 0. The highest BCUT2D eigenvalue weighted by Gasteiger charge is 2.20. The topological polar surface area (TPSA) is 18.1 Å². The molecular formula is C42H23NOS2. The molecule has 4 heterocycles. The molecular weight excluding hydrogens is 599 g/mol. The van der Waals surface area contributed by atoms with Gasteiger partial charge >= 0.3 is 0 Å². The predicted molar refractivity (Wildman–Crippen MR) is 199 cm³/mol. The van der Waals surface area contributed by atoms with E-state index >= 15 is 0 Å². The molecule has 2 nitrogen and oxygen atoms in total. The van der Waals surface area contributed by atoms with Crippen molar-refractivity contribution in [3.63, 3.8) is 0 Å². The Bertz CT molecular complexity index is 3040. The maximum Gasteiger partial charge on any atom is 0.136 e.